The molecule has 1 saturated heterocycles. The topological polar surface area (TPSA) is 49.8 Å². The van der Waals surface area contributed by atoms with Gasteiger partial charge in [-0.3, -0.25) is 4.79 Å². The van der Waals surface area contributed by atoms with E-state index in [-0.39, 0.29) is 36.1 Å². The molecule has 18 heavy (non-hydrogen) atoms. The van der Waals surface area contributed by atoms with Crippen molar-refractivity contribution in [3.63, 3.8) is 0 Å². The summed E-state index contributed by atoms with van der Waals surface area (Å²) >= 11 is 0. The first kappa shape index (κ1) is 13.8. The van der Waals surface area contributed by atoms with Crippen molar-refractivity contribution in [2.75, 3.05) is 19.7 Å². The van der Waals surface area contributed by atoms with Gasteiger partial charge in [-0.15, -0.1) is 0 Å². The fraction of sp³-hybridized carbons (Fsp3) is 0.929. The van der Waals surface area contributed by atoms with E-state index >= 15 is 0 Å². The summed E-state index contributed by atoms with van der Waals surface area (Å²) in [6.07, 6.45) is 3.08. The number of carbonyl (C=O) groups excluding carboxylic acids is 1. The fourth-order valence-corrected chi connectivity index (χ4v) is 3.33. The lowest BCUT2D eigenvalue weighted by Gasteiger charge is -2.39. The Morgan fingerprint density at radius 3 is 2.72 bits per heavy atom. The van der Waals surface area contributed by atoms with Crippen molar-refractivity contribution in [1.29, 1.82) is 0 Å². The van der Waals surface area contributed by atoms with Crippen molar-refractivity contribution in [2.45, 2.75) is 52.2 Å². The first-order valence-corrected chi connectivity index (χ1v) is 6.99. The normalized spacial score (nSPS) is 35.8. The van der Waals surface area contributed by atoms with Crippen LogP contribution < -0.4 is 0 Å². The second-order valence-corrected chi connectivity index (χ2v) is 6.43. The summed E-state index contributed by atoms with van der Waals surface area (Å²) in [5.41, 5.74) is 0.118. The zero-order valence-electron chi connectivity index (χ0n) is 11.7. The molecule has 1 aliphatic heterocycles. The average Bonchev–Trinajstić information content (AvgIpc) is 2.67. The fourth-order valence-electron chi connectivity index (χ4n) is 3.33. The minimum Gasteiger partial charge on any atom is -0.394 e. The van der Waals surface area contributed by atoms with Crippen LogP contribution in [0.5, 0.6) is 0 Å². The van der Waals surface area contributed by atoms with Gasteiger partial charge in [0, 0.05) is 19.0 Å². The number of nitrogens with zero attached hydrogens (tertiary/aromatic N) is 1. The quantitative estimate of drug-likeness (QED) is 0.812. The molecule has 0 aromatic carbocycles. The first-order valence-electron chi connectivity index (χ1n) is 6.99. The van der Waals surface area contributed by atoms with Crippen LogP contribution in [0.3, 0.4) is 0 Å². The van der Waals surface area contributed by atoms with Crippen LogP contribution in [0.2, 0.25) is 0 Å². The molecule has 4 heteroatoms. The van der Waals surface area contributed by atoms with Crippen LogP contribution in [0.1, 0.15) is 40.0 Å². The van der Waals surface area contributed by atoms with Crippen LogP contribution in [0.4, 0.5) is 0 Å². The number of aliphatic hydroxyl groups is 1. The van der Waals surface area contributed by atoms with Gasteiger partial charge in [-0.2, -0.15) is 0 Å². The molecular formula is C14H25NO3. The van der Waals surface area contributed by atoms with Crippen LogP contribution in [0.15, 0.2) is 0 Å². The van der Waals surface area contributed by atoms with Gasteiger partial charge in [0.25, 0.3) is 0 Å². The Balaban J connectivity index is 2.04. The van der Waals surface area contributed by atoms with E-state index in [1.165, 1.54) is 0 Å². The summed E-state index contributed by atoms with van der Waals surface area (Å²) in [5.74, 6) is 0.397. The van der Waals surface area contributed by atoms with E-state index < -0.39 is 0 Å². The number of hydrogen-bond acceptors (Lipinski definition) is 3. The van der Waals surface area contributed by atoms with Crippen LogP contribution in [-0.4, -0.2) is 47.8 Å². The van der Waals surface area contributed by atoms with Crippen LogP contribution in [-0.2, 0) is 9.53 Å². The molecule has 0 spiro atoms. The summed E-state index contributed by atoms with van der Waals surface area (Å²) in [4.78, 5) is 14.5. The molecule has 1 aliphatic carbocycles. The van der Waals surface area contributed by atoms with E-state index in [0.29, 0.717) is 13.1 Å². The van der Waals surface area contributed by atoms with Crippen LogP contribution >= 0.6 is 0 Å². The Bertz CT molecular complexity index is 316. The van der Waals surface area contributed by atoms with Crippen LogP contribution in [0.25, 0.3) is 0 Å². The number of morpholine rings is 1. The molecule has 1 amide bonds. The largest absolute Gasteiger partial charge is 0.394 e. The minimum absolute atomic E-state index is 0.0117. The lowest BCUT2D eigenvalue weighted by Crippen LogP contribution is -2.52. The van der Waals surface area contributed by atoms with Gasteiger partial charge in [-0.1, -0.05) is 20.3 Å². The summed E-state index contributed by atoms with van der Waals surface area (Å²) in [6, 6.07) is 0. The first-order chi connectivity index (χ1) is 8.44. The highest BCUT2D eigenvalue weighted by Gasteiger charge is 2.42. The molecule has 4 nitrogen and oxygen atoms in total. The van der Waals surface area contributed by atoms with Gasteiger partial charge in [0.05, 0.1) is 18.8 Å². The SMILES string of the molecule is CC1CN(C(=O)C2CCCC2(C)C)CC(CO)O1. The molecule has 2 fully saturated rings. The van der Waals surface area contributed by atoms with Gasteiger partial charge < -0.3 is 14.7 Å². The van der Waals surface area contributed by atoms with Crippen molar-refractivity contribution >= 4 is 5.91 Å². The number of aliphatic hydroxyl groups excluding tert-OH is 1. The molecule has 0 radical (unpaired) electrons. The third kappa shape index (κ3) is 2.69. The second-order valence-electron chi connectivity index (χ2n) is 6.43. The summed E-state index contributed by atoms with van der Waals surface area (Å²) in [6.45, 7) is 7.52. The second kappa shape index (κ2) is 5.17. The Hall–Kier alpha value is -0.610. The predicted molar refractivity (Wildman–Crippen MR) is 69.1 cm³/mol. The monoisotopic (exact) mass is 255 g/mol. The molecule has 104 valence electrons. The number of hydrogen-bond donors (Lipinski definition) is 1. The average molecular weight is 255 g/mol. The third-order valence-corrected chi connectivity index (χ3v) is 4.40. The standard InChI is InChI=1S/C14H25NO3/c1-10-7-15(8-11(9-16)18-10)13(17)12-5-4-6-14(12,2)3/h10-12,16H,4-9H2,1-3H3. The maximum absolute atomic E-state index is 12.6. The van der Waals surface area contributed by atoms with Crippen molar-refractivity contribution in [2.24, 2.45) is 11.3 Å². The highest BCUT2D eigenvalue weighted by atomic mass is 16.5. The van der Waals surface area contributed by atoms with Gasteiger partial charge in [-0.25, -0.2) is 0 Å². The highest BCUT2D eigenvalue weighted by Crippen LogP contribution is 2.43. The lowest BCUT2D eigenvalue weighted by atomic mass is 9.81. The zero-order valence-corrected chi connectivity index (χ0v) is 11.7. The van der Waals surface area contributed by atoms with Crippen molar-refractivity contribution in [1.82, 2.24) is 4.90 Å². The van der Waals surface area contributed by atoms with Gasteiger partial charge in [-0.05, 0) is 25.2 Å². The molecule has 0 bridgehead atoms. The van der Waals surface area contributed by atoms with E-state index in [0.717, 1.165) is 19.3 Å². The van der Waals surface area contributed by atoms with Gasteiger partial charge in [0.2, 0.25) is 5.91 Å². The maximum atomic E-state index is 12.6. The number of carbonyl (C=O) groups is 1. The molecule has 2 aliphatic rings. The van der Waals surface area contributed by atoms with Crippen LogP contribution in [0, 0.1) is 11.3 Å². The van der Waals surface area contributed by atoms with E-state index in [1.54, 1.807) is 0 Å². The third-order valence-electron chi connectivity index (χ3n) is 4.40. The molecule has 2 rings (SSSR count). The highest BCUT2D eigenvalue weighted by molar-refractivity contribution is 5.80. The Morgan fingerprint density at radius 2 is 2.17 bits per heavy atom. The van der Waals surface area contributed by atoms with E-state index in [4.69, 9.17) is 4.74 Å². The van der Waals surface area contributed by atoms with E-state index in [9.17, 15) is 9.90 Å². The molecule has 0 aromatic heterocycles. The van der Waals surface area contributed by atoms with Gasteiger partial charge in [0.1, 0.15) is 0 Å². The van der Waals surface area contributed by atoms with E-state index in [2.05, 4.69) is 13.8 Å². The lowest BCUT2D eigenvalue weighted by molar-refractivity contribution is -0.153. The number of amides is 1. The molecular weight excluding hydrogens is 230 g/mol. The van der Waals surface area contributed by atoms with E-state index in [1.807, 2.05) is 11.8 Å². The Kier molecular flexibility index (Phi) is 3.97. The number of rotatable bonds is 2. The van der Waals surface area contributed by atoms with Gasteiger partial charge in [0.15, 0.2) is 0 Å². The molecule has 1 saturated carbocycles. The van der Waals surface area contributed by atoms with Gasteiger partial charge >= 0.3 is 0 Å². The van der Waals surface area contributed by atoms with Crippen molar-refractivity contribution < 1.29 is 14.6 Å². The Morgan fingerprint density at radius 1 is 1.44 bits per heavy atom. The summed E-state index contributed by atoms with van der Waals surface area (Å²) < 4.78 is 5.59. The number of ether oxygens (including phenoxy) is 1. The molecule has 3 atom stereocenters. The zero-order chi connectivity index (χ0) is 13.3. The summed E-state index contributed by atoms with van der Waals surface area (Å²) in [5, 5.41) is 9.21. The minimum atomic E-state index is -0.220. The van der Waals surface area contributed by atoms with Crippen molar-refractivity contribution in [3.05, 3.63) is 0 Å². The molecule has 3 unspecified atom stereocenters. The summed E-state index contributed by atoms with van der Waals surface area (Å²) in [7, 11) is 0. The van der Waals surface area contributed by atoms with Crippen molar-refractivity contribution in [3.8, 4) is 0 Å². The predicted octanol–water partition coefficient (Wildman–Crippen LogP) is 1.42. The molecule has 1 heterocycles. The maximum Gasteiger partial charge on any atom is 0.226 e. The molecule has 1 N–H and O–H groups in total. The Labute approximate surface area is 109 Å². The smallest absolute Gasteiger partial charge is 0.226 e. The molecule has 0 aromatic rings.